The smallest absolute Gasteiger partial charge is 0.335 e. The lowest BCUT2D eigenvalue weighted by Gasteiger charge is -2.08. The van der Waals surface area contributed by atoms with E-state index in [-0.39, 0.29) is 5.56 Å². The second-order valence-electron chi connectivity index (χ2n) is 5.57. The third kappa shape index (κ3) is 4.08. The number of aromatic carboxylic acids is 1. The highest BCUT2D eigenvalue weighted by Gasteiger charge is 2.09. The minimum absolute atomic E-state index is 0.241. The molecule has 0 amide bonds. The van der Waals surface area contributed by atoms with Crippen LogP contribution in [0.4, 0.5) is 0 Å². The number of rotatable bonds is 7. The van der Waals surface area contributed by atoms with Gasteiger partial charge in [-0.25, -0.2) is 4.79 Å². The zero-order valence-corrected chi connectivity index (χ0v) is 13.9. The van der Waals surface area contributed by atoms with E-state index in [1.165, 1.54) is 0 Å². The molecule has 0 aliphatic rings. The Bertz CT molecular complexity index is 869. The minimum Gasteiger partial charge on any atom is -0.496 e. The van der Waals surface area contributed by atoms with Crippen LogP contribution in [0.5, 0.6) is 5.75 Å². The van der Waals surface area contributed by atoms with E-state index < -0.39 is 5.97 Å². The molecule has 0 saturated heterocycles. The normalized spacial score (nSPS) is 10.6. The molecule has 2 aromatic carbocycles. The Balaban J connectivity index is 1.64. The van der Waals surface area contributed by atoms with Crippen LogP contribution in [0, 0.1) is 0 Å². The molecular weight excluding hydrogens is 318 g/mol. The zero-order valence-electron chi connectivity index (χ0n) is 13.9. The van der Waals surface area contributed by atoms with Crippen LogP contribution < -0.4 is 10.1 Å². The lowest BCUT2D eigenvalue weighted by molar-refractivity contribution is 0.0697. The van der Waals surface area contributed by atoms with Gasteiger partial charge in [0.2, 0.25) is 0 Å². The molecule has 0 spiro atoms. The number of carbonyl (C=O) groups is 1. The number of nitrogens with one attached hydrogen (secondary N) is 1. The largest absolute Gasteiger partial charge is 0.496 e. The molecule has 5 nitrogen and oxygen atoms in total. The standard InChI is InChI=1S/C20H19NO4/c1-24-18-8-3-2-5-16(18)12-21-13-17-9-10-19(25-17)14-6-4-7-15(11-14)20(22)23/h2-11,21H,12-13H2,1H3,(H,22,23). The molecule has 5 heteroatoms. The molecule has 128 valence electrons. The summed E-state index contributed by atoms with van der Waals surface area (Å²) in [6, 6.07) is 18.3. The van der Waals surface area contributed by atoms with E-state index in [0.717, 1.165) is 22.6 Å². The Morgan fingerprint density at radius 3 is 2.72 bits per heavy atom. The summed E-state index contributed by atoms with van der Waals surface area (Å²) in [4.78, 5) is 11.1. The highest BCUT2D eigenvalue weighted by atomic mass is 16.5. The van der Waals surface area contributed by atoms with Gasteiger partial charge in [-0.1, -0.05) is 30.3 Å². The molecule has 1 heterocycles. The van der Waals surface area contributed by atoms with E-state index >= 15 is 0 Å². The lowest BCUT2D eigenvalue weighted by Crippen LogP contribution is -2.12. The third-order valence-corrected chi connectivity index (χ3v) is 3.86. The van der Waals surface area contributed by atoms with Crippen molar-refractivity contribution in [2.75, 3.05) is 7.11 Å². The van der Waals surface area contributed by atoms with Gasteiger partial charge in [0, 0.05) is 17.7 Å². The minimum atomic E-state index is -0.952. The van der Waals surface area contributed by atoms with Crippen molar-refractivity contribution in [1.82, 2.24) is 5.32 Å². The van der Waals surface area contributed by atoms with Crippen molar-refractivity contribution >= 4 is 5.97 Å². The van der Waals surface area contributed by atoms with Gasteiger partial charge < -0.3 is 19.6 Å². The van der Waals surface area contributed by atoms with E-state index in [1.54, 1.807) is 25.3 Å². The maximum Gasteiger partial charge on any atom is 0.335 e. The van der Waals surface area contributed by atoms with Crippen LogP contribution in [0.3, 0.4) is 0 Å². The SMILES string of the molecule is COc1ccccc1CNCc1ccc(-c2cccc(C(=O)O)c2)o1. The predicted octanol–water partition coefficient (Wildman–Crippen LogP) is 3.94. The summed E-state index contributed by atoms with van der Waals surface area (Å²) in [5.41, 5.74) is 2.06. The summed E-state index contributed by atoms with van der Waals surface area (Å²) in [5, 5.41) is 12.4. The number of benzene rings is 2. The fourth-order valence-electron chi connectivity index (χ4n) is 2.60. The molecule has 0 bridgehead atoms. The van der Waals surface area contributed by atoms with E-state index in [0.29, 0.717) is 18.8 Å². The van der Waals surface area contributed by atoms with Gasteiger partial charge in [-0.3, -0.25) is 0 Å². The van der Waals surface area contributed by atoms with Crippen molar-refractivity contribution in [1.29, 1.82) is 0 Å². The summed E-state index contributed by atoms with van der Waals surface area (Å²) in [5.74, 6) is 1.33. The first-order valence-corrected chi connectivity index (χ1v) is 7.92. The Morgan fingerprint density at radius 1 is 1.08 bits per heavy atom. The highest BCUT2D eigenvalue weighted by molar-refractivity contribution is 5.89. The molecular formula is C20H19NO4. The summed E-state index contributed by atoms with van der Waals surface area (Å²) in [6.07, 6.45) is 0. The lowest BCUT2D eigenvalue weighted by atomic mass is 10.1. The topological polar surface area (TPSA) is 71.7 Å². The van der Waals surface area contributed by atoms with E-state index in [4.69, 9.17) is 14.3 Å². The number of furan rings is 1. The van der Waals surface area contributed by atoms with Crippen LogP contribution in [-0.4, -0.2) is 18.2 Å². The zero-order chi connectivity index (χ0) is 17.6. The van der Waals surface area contributed by atoms with E-state index in [2.05, 4.69) is 5.32 Å². The van der Waals surface area contributed by atoms with Crippen molar-refractivity contribution in [3.05, 3.63) is 77.6 Å². The Labute approximate surface area is 145 Å². The molecule has 0 aliphatic carbocycles. The van der Waals surface area contributed by atoms with Crippen LogP contribution in [0.2, 0.25) is 0 Å². The van der Waals surface area contributed by atoms with Gasteiger partial charge >= 0.3 is 5.97 Å². The second kappa shape index (κ2) is 7.68. The second-order valence-corrected chi connectivity index (χ2v) is 5.57. The first-order valence-electron chi connectivity index (χ1n) is 7.92. The van der Waals surface area contributed by atoms with Crippen LogP contribution in [0.1, 0.15) is 21.7 Å². The Morgan fingerprint density at radius 2 is 1.92 bits per heavy atom. The molecule has 1 aromatic heterocycles. The average Bonchev–Trinajstić information content (AvgIpc) is 3.11. The summed E-state index contributed by atoms with van der Waals surface area (Å²) in [7, 11) is 1.66. The molecule has 0 aliphatic heterocycles. The van der Waals surface area contributed by atoms with Gasteiger partial charge in [0.25, 0.3) is 0 Å². The molecule has 2 N–H and O–H groups in total. The number of hydrogen-bond donors (Lipinski definition) is 2. The van der Waals surface area contributed by atoms with Gasteiger partial charge in [0.05, 0.1) is 19.2 Å². The predicted molar refractivity (Wildman–Crippen MR) is 94.6 cm³/mol. The number of methoxy groups -OCH3 is 1. The van der Waals surface area contributed by atoms with Crippen molar-refractivity contribution in [3.63, 3.8) is 0 Å². The monoisotopic (exact) mass is 337 g/mol. The van der Waals surface area contributed by atoms with Gasteiger partial charge in [-0.2, -0.15) is 0 Å². The maximum absolute atomic E-state index is 11.1. The van der Waals surface area contributed by atoms with Crippen molar-refractivity contribution < 1.29 is 19.1 Å². The van der Waals surface area contributed by atoms with Crippen LogP contribution in [0.15, 0.2) is 65.1 Å². The summed E-state index contributed by atoms with van der Waals surface area (Å²) in [6.45, 7) is 1.23. The van der Waals surface area contributed by atoms with Crippen molar-refractivity contribution in [3.8, 4) is 17.1 Å². The van der Waals surface area contributed by atoms with Crippen molar-refractivity contribution in [2.45, 2.75) is 13.1 Å². The first kappa shape index (κ1) is 16.8. The third-order valence-electron chi connectivity index (χ3n) is 3.86. The van der Waals surface area contributed by atoms with Gasteiger partial charge in [0.15, 0.2) is 0 Å². The fraction of sp³-hybridized carbons (Fsp3) is 0.150. The molecule has 0 unspecified atom stereocenters. The number of para-hydroxylation sites is 1. The molecule has 0 atom stereocenters. The van der Waals surface area contributed by atoms with Gasteiger partial charge in [-0.05, 0) is 30.3 Å². The fourth-order valence-corrected chi connectivity index (χ4v) is 2.60. The molecule has 0 fully saturated rings. The number of carboxylic acid groups (broad SMARTS) is 1. The van der Waals surface area contributed by atoms with E-state index in [1.807, 2.05) is 42.5 Å². The van der Waals surface area contributed by atoms with Crippen molar-refractivity contribution in [2.24, 2.45) is 0 Å². The number of ether oxygens (including phenoxy) is 1. The van der Waals surface area contributed by atoms with Crippen LogP contribution >= 0.6 is 0 Å². The highest BCUT2D eigenvalue weighted by Crippen LogP contribution is 2.23. The molecule has 3 aromatic rings. The maximum atomic E-state index is 11.1. The average molecular weight is 337 g/mol. The Hall–Kier alpha value is -3.05. The molecule has 25 heavy (non-hydrogen) atoms. The number of carboxylic acids is 1. The first-order chi connectivity index (χ1) is 12.2. The molecule has 3 rings (SSSR count). The summed E-state index contributed by atoms with van der Waals surface area (Å²) < 4.78 is 11.1. The van der Waals surface area contributed by atoms with Gasteiger partial charge in [0.1, 0.15) is 17.3 Å². The van der Waals surface area contributed by atoms with Crippen LogP contribution in [0.25, 0.3) is 11.3 Å². The quantitative estimate of drug-likeness (QED) is 0.683. The summed E-state index contributed by atoms with van der Waals surface area (Å²) >= 11 is 0. The number of hydrogen-bond acceptors (Lipinski definition) is 4. The van der Waals surface area contributed by atoms with Crippen LogP contribution in [-0.2, 0) is 13.1 Å². The Kier molecular flexibility index (Phi) is 5.16. The van der Waals surface area contributed by atoms with E-state index in [9.17, 15) is 4.79 Å². The van der Waals surface area contributed by atoms with Gasteiger partial charge in [-0.15, -0.1) is 0 Å². The molecule has 0 saturated carbocycles. The molecule has 0 radical (unpaired) electrons.